The maximum Gasteiger partial charge on any atom is 0.394 e. The second-order valence-corrected chi connectivity index (χ2v) is 5.03. The number of nitrogens with zero attached hydrogens (tertiary/aromatic N) is 1. The molecule has 0 spiro atoms. The van der Waals surface area contributed by atoms with Gasteiger partial charge in [-0.2, -0.15) is 8.42 Å². The van der Waals surface area contributed by atoms with Crippen LogP contribution in [-0.4, -0.2) is 48.3 Å². The van der Waals surface area contributed by atoms with Crippen molar-refractivity contribution in [2.24, 2.45) is 16.5 Å². The number of aliphatic hydroxyl groups is 1. The van der Waals surface area contributed by atoms with Gasteiger partial charge in [0.05, 0.1) is 12.6 Å². The zero-order valence-electron chi connectivity index (χ0n) is 11.4. The molecular formula is C11H17N3O7S. The summed E-state index contributed by atoms with van der Waals surface area (Å²) in [5.74, 6) is 1.29. The first kappa shape index (κ1) is 18.0. The van der Waals surface area contributed by atoms with E-state index in [1.165, 1.54) is 0 Å². The highest BCUT2D eigenvalue weighted by molar-refractivity contribution is 7.79. The van der Waals surface area contributed by atoms with Crippen LogP contribution in [0.15, 0.2) is 23.2 Å². The van der Waals surface area contributed by atoms with Gasteiger partial charge in [0.15, 0.2) is 17.5 Å². The highest BCUT2D eigenvalue weighted by atomic mass is 32.3. The Balaban J connectivity index is 0.000000422. The molecule has 22 heavy (non-hydrogen) atoms. The number of guanidine groups is 1. The number of ether oxygens (including phenoxy) is 2. The van der Waals surface area contributed by atoms with E-state index in [0.29, 0.717) is 30.3 Å². The average molecular weight is 335 g/mol. The van der Waals surface area contributed by atoms with E-state index in [-0.39, 0.29) is 12.5 Å². The zero-order valence-corrected chi connectivity index (χ0v) is 12.2. The number of hydrogen-bond donors (Lipinski definition) is 5. The highest BCUT2D eigenvalue weighted by Gasteiger charge is 2.15. The van der Waals surface area contributed by atoms with Crippen LogP contribution in [0.3, 0.4) is 0 Å². The van der Waals surface area contributed by atoms with Gasteiger partial charge in [-0.1, -0.05) is 6.07 Å². The van der Waals surface area contributed by atoms with Gasteiger partial charge in [-0.15, -0.1) is 0 Å². The molecule has 0 saturated carbocycles. The number of aliphatic imine (C=N–C) groups is 1. The maximum atomic E-state index is 9.86. The van der Waals surface area contributed by atoms with Crippen molar-refractivity contribution in [2.45, 2.75) is 6.10 Å². The third kappa shape index (κ3) is 7.08. The fourth-order valence-corrected chi connectivity index (χ4v) is 1.56. The molecular weight excluding hydrogens is 318 g/mol. The van der Waals surface area contributed by atoms with Crippen LogP contribution in [0.25, 0.3) is 0 Å². The fraction of sp³-hybridized carbons (Fsp3) is 0.364. The summed E-state index contributed by atoms with van der Waals surface area (Å²) in [7, 11) is -4.67. The van der Waals surface area contributed by atoms with Crippen molar-refractivity contribution in [3.8, 4) is 11.5 Å². The Kier molecular flexibility index (Phi) is 6.37. The van der Waals surface area contributed by atoms with Crippen LogP contribution in [0.1, 0.15) is 11.7 Å². The van der Waals surface area contributed by atoms with Crippen LogP contribution in [-0.2, 0) is 10.4 Å². The molecule has 7 N–H and O–H groups in total. The van der Waals surface area contributed by atoms with Gasteiger partial charge in [-0.05, 0) is 17.7 Å². The topological polar surface area (TPSA) is 178 Å². The summed E-state index contributed by atoms with van der Waals surface area (Å²) >= 11 is 0. The summed E-state index contributed by atoms with van der Waals surface area (Å²) in [6.07, 6.45) is -0.757. The fourth-order valence-electron chi connectivity index (χ4n) is 1.56. The lowest BCUT2D eigenvalue weighted by Gasteiger charge is -2.19. The van der Waals surface area contributed by atoms with Crippen LogP contribution in [0.2, 0.25) is 0 Å². The van der Waals surface area contributed by atoms with Crippen LogP contribution in [0.5, 0.6) is 11.5 Å². The smallest absolute Gasteiger partial charge is 0.394 e. The predicted octanol–water partition coefficient (Wildman–Crippen LogP) is -0.888. The molecule has 1 aromatic rings. The average Bonchev–Trinajstić information content (AvgIpc) is 2.42. The van der Waals surface area contributed by atoms with Gasteiger partial charge >= 0.3 is 10.4 Å². The van der Waals surface area contributed by atoms with E-state index in [9.17, 15) is 5.11 Å². The molecule has 0 fully saturated rings. The van der Waals surface area contributed by atoms with Crippen molar-refractivity contribution < 1.29 is 32.1 Å². The molecule has 1 heterocycles. The van der Waals surface area contributed by atoms with Crippen molar-refractivity contribution in [3.63, 3.8) is 0 Å². The third-order valence-corrected chi connectivity index (χ3v) is 2.40. The van der Waals surface area contributed by atoms with Gasteiger partial charge < -0.3 is 26.0 Å². The number of hydrogen-bond acceptors (Lipinski definition) is 6. The summed E-state index contributed by atoms with van der Waals surface area (Å²) in [6.45, 7) is 1.19. The molecule has 1 aliphatic rings. The Morgan fingerprint density at radius 2 is 1.77 bits per heavy atom. The molecule has 2 rings (SSSR count). The lowest BCUT2D eigenvalue weighted by Crippen LogP contribution is -2.23. The molecule has 1 unspecified atom stereocenters. The Labute approximate surface area is 126 Å². The molecule has 1 aromatic carbocycles. The van der Waals surface area contributed by atoms with Crippen LogP contribution in [0.4, 0.5) is 0 Å². The van der Waals surface area contributed by atoms with Gasteiger partial charge in [0.1, 0.15) is 13.2 Å². The molecule has 124 valence electrons. The van der Waals surface area contributed by atoms with Crippen LogP contribution >= 0.6 is 0 Å². The maximum absolute atomic E-state index is 9.86. The van der Waals surface area contributed by atoms with Gasteiger partial charge in [0, 0.05) is 0 Å². The van der Waals surface area contributed by atoms with Crippen LogP contribution in [0, 0.1) is 0 Å². The number of fused-ring (bicyclic) bond motifs is 1. The Morgan fingerprint density at radius 3 is 2.32 bits per heavy atom. The first-order chi connectivity index (χ1) is 10.2. The largest absolute Gasteiger partial charge is 0.486 e. The summed E-state index contributed by atoms with van der Waals surface area (Å²) in [5, 5.41) is 9.86. The van der Waals surface area contributed by atoms with Gasteiger partial charge in [-0.3, -0.25) is 14.1 Å². The van der Waals surface area contributed by atoms with Crippen molar-refractivity contribution >= 4 is 16.4 Å². The van der Waals surface area contributed by atoms with Gasteiger partial charge in [-0.25, -0.2) is 0 Å². The number of rotatable bonds is 3. The minimum absolute atomic E-state index is 0.0402. The number of aliphatic hydroxyl groups excluding tert-OH is 1. The lowest BCUT2D eigenvalue weighted by molar-refractivity contribution is 0.166. The van der Waals surface area contributed by atoms with Gasteiger partial charge in [0.2, 0.25) is 0 Å². The van der Waals surface area contributed by atoms with E-state index < -0.39 is 16.5 Å². The minimum Gasteiger partial charge on any atom is -0.486 e. The van der Waals surface area contributed by atoms with E-state index in [2.05, 4.69) is 4.99 Å². The van der Waals surface area contributed by atoms with E-state index in [4.69, 9.17) is 38.5 Å². The first-order valence-corrected chi connectivity index (χ1v) is 7.39. The molecule has 0 bridgehead atoms. The second-order valence-electron chi connectivity index (χ2n) is 4.13. The summed E-state index contributed by atoms with van der Waals surface area (Å²) in [5.41, 5.74) is 11.1. The molecule has 1 aliphatic heterocycles. The van der Waals surface area contributed by atoms with Crippen molar-refractivity contribution in [1.82, 2.24) is 0 Å². The van der Waals surface area contributed by atoms with Gasteiger partial charge in [0.25, 0.3) is 0 Å². The number of nitrogens with two attached hydrogens (primary N) is 2. The third-order valence-electron chi connectivity index (χ3n) is 2.40. The monoisotopic (exact) mass is 335 g/mol. The molecule has 10 nitrogen and oxygen atoms in total. The second kappa shape index (κ2) is 7.79. The normalized spacial score (nSPS) is 14.3. The zero-order chi connectivity index (χ0) is 16.8. The van der Waals surface area contributed by atoms with Crippen molar-refractivity contribution in [2.75, 3.05) is 19.8 Å². The van der Waals surface area contributed by atoms with Crippen LogP contribution < -0.4 is 20.9 Å². The summed E-state index contributed by atoms with van der Waals surface area (Å²) in [6, 6.07) is 5.27. The predicted molar refractivity (Wildman–Crippen MR) is 77.2 cm³/mol. The summed E-state index contributed by atoms with van der Waals surface area (Å²) in [4.78, 5) is 3.76. The highest BCUT2D eigenvalue weighted by Crippen LogP contribution is 2.32. The Morgan fingerprint density at radius 1 is 1.23 bits per heavy atom. The van der Waals surface area contributed by atoms with E-state index in [0.717, 1.165) is 0 Å². The summed E-state index contributed by atoms with van der Waals surface area (Å²) < 4.78 is 42.4. The standard InChI is InChI=1S/C11H15N3O3.H2O4S/c12-11(13)14-6-8(15)7-1-2-9-10(5-7)17-4-3-16-9;1-5(2,3)4/h1-2,5,8,15H,3-4,6H2,(H4,12,13,14);(H2,1,2,3,4). The Hall–Kier alpha value is -2.08. The molecule has 0 aromatic heterocycles. The van der Waals surface area contributed by atoms with Crippen molar-refractivity contribution in [3.05, 3.63) is 23.8 Å². The molecule has 1 atom stereocenters. The molecule has 0 radical (unpaired) electrons. The Bertz CT molecular complexity index is 621. The molecule has 0 amide bonds. The number of benzene rings is 1. The quantitative estimate of drug-likeness (QED) is 0.266. The SMILES string of the molecule is NC(N)=NCC(O)c1ccc2c(c1)OCCO2.O=S(=O)(O)O. The lowest BCUT2D eigenvalue weighted by atomic mass is 10.1. The van der Waals surface area contributed by atoms with Crippen molar-refractivity contribution in [1.29, 1.82) is 0 Å². The first-order valence-electron chi connectivity index (χ1n) is 5.99. The molecule has 0 aliphatic carbocycles. The van der Waals surface area contributed by atoms with E-state index >= 15 is 0 Å². The van der Waals surface area contributed by atoms with E-state index in [1.807, 2.05) is 0 Å². The molecule has 0 saturated heterocycles. The van der Waals surface area contributed by atoms with E-state index in [1.54, 1.807) is 18.2 Å². The molecule has 11 heteroatoms. The minimum atomic E-state index is -4.67.